The molecule has 572 valence electrons. The molecule has 0 bridgehead atoms. The van der Waals surface area contributed by atoms with Crippen molar-refractivity contribution in [2.75, 3.05) is 125 Å². The highest BCUT2D eigenvalue weighted by Crippen LogP contribution is 2.25. The molecule has 3 fully saturated rings. The third-order valence-corrected chi connectivity index (χ3v) is 15.2. The van der Waals surface area contributed by atoms with Gasteiger partial charge in [0.2, 0.25) is 53.2 Å². The number of nitrogens with one attached hydrogen (secondary N) is 9. The van der Waals surface area contributed by atoms with Crippen molar-refractivity contribution in [3.8, 4) is 0 Å². The Bertz CT molecular complexity index is 2410. The number of carbonyl (C=O) groups excluding carboxylic acids is 9. The molecular weight excluding hydrogens is 1320 g/mol. The Morgan fingerprint density at radius 1 is 0.384 bits per heavy atom. The highest BCUT2D eigenvalue weighted by Gasteiger charge is 2.48. The van der Waals surface area contributed by atoms with E-state index < -0.39 is 178 Å². The number of carbonyl (C=O) groups is 9. The van der Waals surface area contributed by atoms with Gasteiger partial charge in [-0.05, 0) is 52.9 Å². The van der Waals surface area contributed by atoms with Crippen molar-refractivity contribution >= 4 is 53.2 Å². The molecule has 0 radical (unpaired) electrons. The van der Waals surface area contributed by atoms with Gasteiger partial charge in [0.25, 0.3) is 0 Å². The monoisotopic (exact) mass is 1430 g/mol. The van der Waals surface area contributed by atoms with E-state index in [1.54, 1.807) is 0 Å². The van der Waals surface area contributed by atoms with E-state index >= 15 is 0 Å². The minimum Gasteiger partial charge on any atom is -0.394 e. The van der Waals surface area contributed by atoms with Crippen LogP contribution in [0.4, 0.5) is 0 Å². The molecule has 3 aliphatic heterocycles. The molecule has 3 saturated heterocycles. The normalized spacial score (nSPS) is 26.0. The quantitative estimate of drug-likeness (QED) is 0.0252. The molecule has 38 nitrogen and oxygen atoms in total. The van der Waals surface area contributed by atoms with Crippen LogP contribution in [0, 0.1) is 0 Å². The summed E-state index contributed by atoms with van der Waals surface area (Å²) in [5.74, 6) is -5.40. The van der Waals surface area contributed by atoms with Crippen LogP contribution in [0.1, 0.15) is 99.3 Å². The first-order valence-electron chi connectivity index (χ1n) is 33.3. The number of aliphatic hydroxyl groups excluding tert-OH is 9. The van der Waals surface area contributed by atoms with Gasteiger partial charge in [-0.1, -0.05) is 0 Å². The van der Waals surface area contributed by atoms with Crippen molar-refractivity contribution in [1.29, 1.82) is 0 Å². The lowest BCUT2D eigenvalue weighted by Crippen LogP contribution is -2.64. The van der Waals surface area contributed by atoms with Crippen LogP contribution in [-0.4, -0.2) is 334 Å². The molecule has 0 aromatic rings. The molecule has 17 atom stereocenters. The Morgan fingerprint density at radius 3 is 1.10 bits per heavy atom. The first-order valence-corrected chi connectivity index (χ1v) is 33.3. The summed E-state index contributed by atoms with van der Waals surface area (Å²) >= 11 is 0. The highest BCUT2D eigenvalue weighted by atomic mass is 16.7. The standard InChI is InChI=1S/C61H109N9O29/c1-35(74)66-47-53(84)50(81)40(32-71)97-58(47)93-28-24-90-21-17-63-44(78)14-12-38(56(87)64-18-22-91-25-29-94-59-48(67-36(2)75)54(85)51(82)41(33-72)98-59)70-46(80)15-13-39(69-45(79)11-9-10-43(77)62-16-7-8-20-89-27-31-96-61(4,5)6)57(88)65-19-23-92-26-30-95-60-49(68-37(3)76)55(86)52(83)42(34-73)99-60/h38-42,47-55,58-60,71-73,81-86H,7-34H2,1-6H3,(H,62,77)(H,63,78)(H,64,87)(H,65,88)(H,66,74)(H,67,75)(H,68,76)(H,69,79)(H,70,80). The first-order chi connectivity index (χ1) is 47.1. The number of ether oxygens (including phenoxy) is 11. The Kier molecular flexibility index (Phi) is 42.8. The number of hydrogen-bond acceptors (Lipinski definition) is 29. The van der Waals surface area contributed by atoms with E-state index in [1.807, 2.05) is 20.8 Å². The van der Waals surface area contributed by atoms with Gasteiger partial charge in [-0.25, -0.2) is 0 Å². The van der Waals surface area contributed by atoms with Crippen LogP contribution < -0.4 is 47.9 Å². The average Bonchev–Trinajstić information content (AvgIpc) is 0.824. The maximum atomic E-state index is 13.8. The van der Waals surface area contributed by atoms with Crippen molar-refractivity contribution in [2.24, 2.45) is 0 Å². The van der Waals surface area contributed by atoms with Crippen molar-refractivity contribution in [2.45, 2.75) is 209 Å². The van der Waals surface area contributed by atoms with Crippen LogP contribution in [-0.2, 0) is 95.3 Å². The van der Waals surface area contributed by atoms with E-state index in [4.69, 9.17) is 52.1 Å². The molecule has 0 aliphatic carbocycles. The van der Waals surface area contributed by atoms with Crippen LogP contribution in [0.3, 0.4) is 0 Å². The molecule has 18 N–H and O–H groups in total. The summed E-state index contributed by atoms with van der Waals surface area (Å²) < 4.78 is 61.4. The lowest BCUT2D eigenvalue weighted by atomic mass is 9.97. The molecule has 0 spiro atoms. The zero-order chi connectivity index (χ0) is 73.5. The summed E-state index contributed by atoms with van der Waals surface area (Å²) in [5.41, 5.74) is -0.275. The fourth-order valence-corrected chi connectivity index (χ4v) is 10.1. The van der Waals surface area contributed by atoms with Crippen molar-refractivity contribution in [3.05, 3.63) is 0 Å². The van der Waals surface area contributed by atoms with Crippen molar-refractivity contribution in [1.82, 2.24) is 47.9 Å². The van der Waals surface area contributed by atoms with Gasteiger partial charge in [0.05, 0.1) is 98.1 Å². The van der Waals surface area contributed by atoms with Crippen molar-refractivity contribution in [3.63, 3.8) is 0 Å². The maximum Gasteiger partial charge on any atom is 0.242 e. The van der Waals surface area contributed by atoms with Gasteiger partial charge in [-0.3, -0.25) is 43.2 Å². The molecule has 3 aliphatic rings. The number of amides is 9. The molecule has 17 unspecified atom stereocenters. The van der Waals surface area contributed by atoms with Crippen LogP contribution in [0.5, 0.6) is 0 Å². The maximum absolute atomic E-state index is 13.8. The highest BCUT2D eigenvalue weighted by molar-refractivity contribution is 5.90. The second kappa shape index (κ2) is 48.3. The Hall–Kier alpha value is -5.57. The summed E-state index contributed by atoms with van der Waals surface area (Å²) in [6.07, 6.45) is -16.8. The number of hydrogen-bond donors (Lipinski definition) is 18. The minimum atomic E-state index is -1.55. The second-order valence-electron chi connectivity index (χ2n) is 24.5. The van der Waals surface area contributed by atoms with Crippen molar-refractivity contribution < 1.29 is 141 Å². The summed E-state index contributed by atoms with van der Waals surface area (Å²) in [6.45, 7) is 7.83. The SMILES string of the molecule is CC(=O)NC1C(OCCOCCNC(=O)CCC(NC(=O)CCC(NC(=O)CCCC(=O)NCCCCOCCOC(C)(C)C)C(=O)NCCOCCOC2OC(CO)C(O)C(O)C2NC(C)=O)C(=O)NCCOCCOC2OC(CO)C(O)C(O)C2NC(C)=O)OC(CO)C(O)C1O. The smallest absolute Gasteiger partial charge is 0.242 e. The first kappa shape index (κ1) is 87.6. The lowest BCUT2D eigenvalue weighted by molar-refractivity contribution is -0.272. The predicted octanol–water partition coefficient (Wildman–Crippen LogP) is -8.31. The second-order valence-corrected chi connectivity index (χ2v) is 24.5. The fraction of sp³-hybridized carbons (Fsp3) is 0.852. The summed E-state index contributed by atoms with van der Waals surface area (Å²) in [6, 6.07) is -6.27. The van der Waals surface area contributed by atoms with E-state index in [1.165, 1.54) is 20.8 Å². The number of aliphatic hydroxyl groups is 9. The molecule has 0 aromatic heterocycles. The Labute approximate surface area is 574 Å². The van der Waals surface area contributed by atoms with E-state index in [9.17, 15) is 89.1 Å². The molecule has 9 amide bonds. The summed E-state index contributed by atoms with van der Waals surface area (Å²) in [5, 5.41) is 115. The molecular formula is C61H109N9O29. The van der Waals surface area contributed by atoms with Crippen LogP contribution in [0.25, 0.3) is 0 Å². The van der Waals surface area contributed by atoms with Gasteiger partial charge in [0.1, 0.15) is 85.1 Å². The van der Waals surface area contributed by atoms with Gasteiger partial charge in [-0.15, -0.1) is 0 Å². The van der Waals surface area contributed by atoms with Crippen LogP contribution in [0.2, 0.25) is 0 Å². The van der Waals surface area contributed by atoms with Crippen LogP contribution in [0.15, 0.2) is 0 Å². The lowest BCUT2D eigenvalue weighted by Gasteiger charge is -2.42. The van der Waals surface area contributed by atoms with Gasteiger partial charge < -0.3 is 146 Å². The van der Waals surface area contributed by atoms with E-state index in [0.717, 1.165) is 0 Å². The zero-order valence-corrected chi connectivity index (χ0v) is 57.3. The van der Waals surface area contributed by atoms with Gasteiger partial charge in [0, 0.05) is 79.2 Å². The van der Waals surface area contributed by atoms with E-state index in [2.05, 4.69) is 47.9 Å². The molecule has 3 heterocycles. The van der Waals surface area contributed by atoms with Gasteiger partial charge in [-0.2, -0.15) is 0 Å². The topological polar surface area (TPSA) is 546 Å². The minimum absolute atomic E-state index is 0.0129. The summed E-state index contributed by atoms with van der Waals surface area (Å²) in [4.78, 5) is 116. The molecule has 0 aromatic carbocycles. The molecule has 0 saturated carbocycles. The number of rotatable bonds is 49. The molecule has 99 heavy (non-hydrogen) atoms. The number of unbranched alkanes of at least 4 members (excludes halogenated alkanes) is 1. The van der Waals surface area contributed by atoms with E-state index in [0.29, 0.717) is 39.2 Å². The fourth-order valence-electron chi connectivity index (χ4n) is 10.1. The Balaban J connectivity index is 1.64. The third-order valence-electron chi connectivity index (χ3n) is 15.2. The zero-order valence-electron chi connectivity index (χ0n) is 57.3. The average molecular weight is 1430 g/mol. The van der Waals surface area contributed by atoms with E-state index in [-0.39, 0.29) is 129 Å². The molecule has 38 heteroatoms. The predicted molar refractivity (Wildman–Crippen MR) is 340 cm³/mol. The van der Waals surface area contributed by atoms with Gasteiger partial charge in [0.15, 0.2) is 18.9 Å². The Morgan fingerprint density at radius 2 is 0.717 bits per heavy atom. The van der Waals surface area contributed by atoms with Crippen LogP contribution >= 0.6 is 0 Å². The summed E-state index contributed by atoms with van der Waals surface area (Å²) in [7, 11) is 0. The van der Waals surface area contributed by atoms with Gasteiger partial charge >= 0.3 is 0 Å². The molecule has 3 rings (SSSR count). The largest absolute Gasteiger partial charge is 0.394 e. The third kappa shape index (κ3) is 34.8.